The van der Waals surface area contributed by atoms with Crippen molar-refractivity contribution in [2.45, 2.75) is 39.5 Å². The molecule has 0 aliphatic rings. The molecule has 0 saturated carbocycles. The number of sulfonamides is 1. The van der Waals surface area contributed by atoms with Gasteiger partial charge in [-0.2, -0.15) is 0 Å². The third kappa shape index (κ3) is 8.42. The van der Waals surface area contributed by atoms with Crippen LogP contribution >= 0.6 is 0 Å². The fraction of sp³-hybridized carbons (Fsp3) is 0.458. The van der Waals surface area contributed by atoms with Crippen molar-refractivity contribution in [2.24, 2.45) is 0 Å². The monoisotopic (exact) mass is 462 g/mol. The van der Waals surface area contributed by atoms with Gasteiger partial charge in [0.2, 0.25) is 15.9 Å². The number of nitrogens with one attached hydrogen (secondary N) is 1. The Morgan fingerprint density at radius 3 is 2.28 bits per heavy atom. The van der Waals surface area contributed by atoms with E-state index in [-0.39, 0.29) is 12.5 Å². The number of ether oxygens (including phenoxy) is 2. The lowest BCUT2D eigenvalue weighted by Crippen LogP contribution is -2.40. The van der Waals surface area contributed by atoms with E-state index < -0.39 is 10.0 Å². The van der Waals surface area contributed by atoms with Crippen LogP contribution in [0.25, 0.3) is 0 Å². The van der Waals surface area contributed by atoms with Crippen molar-refractivity contribution in [3.63, 3.8) is 0 Å². The zero-order valence-electron chi connectivity index (χ0n) is 19.2. The molecule has 0 fully saturated rings. The Labute approximate surface area is 191 Å². The Bertz CT molecular complexity index is 945. The summed E-state index contributed by atoms with van der Waals surface area (Å²) in [5, 5.41) is 2.82. The minimum absolute atomic E-state index is 0.274. The number of hydrogen-bond donors (Lipinski definition) is 1. The largest absolute Gasteiger partial charge is 0.494 e. The quantitative estimate of drug-likeness (QED) is 0.432. The summed E-state index contributed by atoms with van der Waals surface area (Å²) in [4.78, 5) is 12.4. The van der Waals surface area contributed by atoms with E-state index in [0.717, 1.165) is 47.6 Å². The van der Waals surface area contributed by atoms with Crippen molar-refractivity contribution >= 4 is 21.6 Å². The number of amides is 1. The maximum atomic E-state index is 12.4. The molecule has 1 N–H and O–H groups in total. The molecule has 7 nitrogen and oxygen atoms in total. The number of carbonyl (C=O) groups is 1. The minimum Gasteiger partial charge on any atom is -0.494 e. The van der Waals surface area contributed by atoms with Crippen molar-refractivity contribution in [2.75, 3.05) is 36.9 Å². The highest BCUT2D eigenvalue weighted by molar-refractivity contribution is 7.92. The number of nitrogens with zero attached hydrogens (tertiary/aromatic N) is 1. The summed E-state index contributed by atoms with van der Waals surface area (Å²) in [6, 6.07) is 14.6. The number of anilines is 1. The van der Waals surface area contributed by atoms with Gasteiger partial charge < -0.3 is 14.8 Å². The first kappa shape index (κ1) is 25.5. The van der Waals surface area contributed by atoms with Crippen LogP contribution in [-0.4, -0.2) is 46.9 Å². The second-order valence-electron chi connectivity index (χ2n) is 7.52. The third-order valence-corrected chi connectivity index (χ3v) is 5.81. The van der Waals surface area contributed by atoms with Crippen LogP contribution in [0.1, 0.15) is 38.7 Å². The fourth-order valence-electron chi connectivity index (χ4n) is 3.08. The maximum Gasteiger partial charge on any atom is 0.240 e. The third-order valence-electron chi connectivity index (χ3n) is 4.66. The molecule has 1 amide bonds. The van der Waals surface area contributed by atoms with Gasteiger partial charge in [-0.05, 0) is 61.6 Å². The highest BCUT2D eigenvalue weighted by atomic mass is 32.2. The Morgan fingerprint density at radius 2 is 1.62 bits per heavy atom. The van der Waals surface area contributed by atoms with Crippen molar-refractivity contribution in [1.29, 1.82) is 0 Å². The summed E-state index contributed by atoms with van der Waals surface area (Å²) in [5.41, 5.74) is 1.52. The molecule has 32 heavy (non-hydrogen) atoms. The van der Waals surface area contributed by atoms with Gasteiger partial charge in [0.1, 0.15) is 18.0 Å². The van der Waals surface area contributed by atoms with E-state index in [1.807, 2.05) is 31.2 Å². The lowest BCUT2D eigenvalue weighted by Gasteiger charge is -2.22. The average Bonchev–Trinajstić information content (AvgIpc) is 2.78. The molecule has 0 bridgehead atoms. The molecule has 176 valence electrons. The zero-order valence-corrected chi connectivity index (χ0v) is 20.0. The lowest BCUT2D eigenvalue weighted by atomic mass is 10.1. The molecule has 0 aliphatic carbocycles. The molecular weight excluding hydrogens is 428 g/mol. The summed E-state index contributed by atoms with van der Waals surface area (Å²) in [7, 11) is -3.62. The first-order chi connectivity index (χ1) is 15.3. The van der Waals surface area contributed by atoms with Crippen molar-refractivity contribution in [3.05, 3.63) is 54.1 Å². The van der Waals surface area contributed by atoms with E-state index in [9.17, 15) is 13.2 Å². The predicted molar refractivity (Wildman–Crippen MR) is 128 cm³/mol. The lowest BCUT2D eigenvalue weighted by molar-refractivity contribution is -0.119. The summed E-state index contributed by atoms with van der Waals surface area (Å²) >= 11 is 0. The first-order valence-electron chi connectivity index (χ1n) is 11.0. The van der Waals surface area contributed by atoms with E-state index in [2.05, 4.69) is 12.2 Å². The van der Waals surface area contributed by atoms with E-state index >= 15 is 0 Å². The maximum absolute atomic E-state index is 12.4. The standard InChI is InChI=1S/C24H34N2O5S/c1-4-17-30-22-14-12-21(13-15-22)26(32(3,28)29)19-24(27)25-16-8-10-20-9-6-7-11-23(20)31-18-5-2/h6-7,9,11-15H,4-5,8,10,16-19H2,1-3H3,(H,25,27). The van der Waals surface area contributed by atoms with Crippen molar-refractivity contribution in [3.8, 4) is 11.5 Å². The Hall–Kier alpha value is -2.74. The molecule has 0 unspecified atom stereocenters. The van der Waals surface area contributed by atoms with E-state index in [1.54, 1.807) is 24.3 Å². The van der Waals surface area contributed by atoms with Gasteiger partial charge in [0.05, 0.1) is 25.2 Å². The number of carbonyl (C=O) groups excluding carboxylic acids is 1. The molecule has 2 aromatic carbocycles. The molecule has 0 aliphatic heterocycles. The molecule has 0 saturated heterocycles. The average molecular weight is 463 g/mol. The van der Waals surface area contributed by atoms with Crippen LogP contribution in [0.15, 0.2) is 48.5 Å². The smallest absolute Gasteiger partial charge is 0.240 e. The Morgan fingerprint density at radius 1 is 0.969 bits per heavy atom. The Kier molecular flexibility index (Phi) is 10.3. The van der Waals surface area contributed by atoms with Crippen molar-refractivity contribution < 1.29 is 22.7 Å². The van der Waals surface area contributed by atoms with Crippen LogP contribution in [0.3, 0.4) is 0 Å². The normalized spacial score (nSPS) is 11.1. The predicted octanol–water partition coefficient (Wildman–Crippen LogP) is 3.78. The van der Waals surface area contributed by atoms with E-state index in [4.69, 9.17) is 9.47 Å². The van der Waals surface area contributed by atoms with Gasteiger partial charge in [-0.25, -0.2) is 8.42 Å². The van der Waals surface area contributed by atoms with Gasteiger partial charge in [-0.15, -0.1) is 0 Å². The van der Waals surface area contributed by atoms with Crippen LogP contribution in [0, 0.1) is 0 Å². The number of para-hydroxylation sites is 1. The molecule has 8 heteroatoms. The topological polar surface area (TPSA) is 84.9 Å². The summed E-state index contributed by atoms with van der Waals surface area (Å²) in [6.07, 6.45) is 4.40. The number of aryl methyl sites for hydroxylation is 1. The second-order valence-corrected chi connectivity index (χ2v) is 9.43. The highest BCUT2D eigenvalue weighted by Crippen LogP contribution is 2.22. The number of benzene rings is 2. The molecule has 0 radical (unpaired) electrons. The number of hydrogen-bond acceptors (Lipinski definition) is 5. The fourth-order valence-corrected chi connectivity index (χ4v) is 3.94. The molecule has 0 atom stereocenters. The molecule has 0 heterocycles. The van der Waals surface area contributed by atoms with Gasteiger partial charge in [0.15, 0.2) is 0 Å². The molecule has 2 aromatic rings. The van der Waals surface area contributed by atoms with Crippen LogP contribution in [-0.2, 0) is 21.2 Å². The SMILES string of the molecule is CCCOc1ccc(N(CC(=O)NCCCc2ccccc2OCCC)S(C)(=O)=O)cc1. The second kappa shape index (κ2) is 13.0. The zero-order chi connectivity index (χ0) is 23.4. The van der Waals surface area contributed by atoms with Crippen molar-refractivity contribution in [1.82, 2.24) is 5.32 Å². The Balaban J connectivity index is 1.89. The van der Waals surface area contributed by atoms with E-state index in [1.165, 1.54) is 0 Å². The van der Waals surface area contributed by atoms with Crippen LogP contribution in [0.4, 0.5) is 5.69 Å². The molecule has 0 aromatic heterocycles. The number of rotatable bonds is 14. The summed E-state index contributed by atoms with van der Waals surface area (Å²) < 4.78 is 36.9. The van der Waals surface area contributed by atoms with Gasteiger partial charge >= 0.3 is 0 Å². The van der Waals surface area contributed by atoms with Gasteiger partial charge in [-0.1, -0.05) is 32.0 Å². The van der Waals surface area contributed by atoms with Crippen LogP contribution < -0.4 is 19.1 Å². The van der Waals surface area contributed by atoms with Crippen LogP contribution in [0.5, 0.6) is 11.5 Å². The summed E-state index contributed by atoms with van der Waals surface area (Å²) in [6.45, 7) is 5.50. The minimum atomic E-state index is -3.62. The van der Waals surface area contributed by atoms with Gasteiger partial charge in [-0.3, -0.25) is 9.10 Å². The first-order valence-corrected chi connectivity index (χ1v) is 12.9. The molecule has 2 rings (SSSR count). The van der Waals surface area contributed by atoms with Gasteiger partial charge in [0, 0.05) is 6.54 Å². The highest BCUT2D eigenvalue weighted by Gasteiger charge is 2.20. The molecular formula is C24H34N2O5S. The van der Waals surface area contributed by atoms with E-state index in [0.29, 0.717) is 31.2 Å². The molecule has 0 spiro atoms. The van der Waals surface area contributed by atoms with Crippen LogP contribution in [0.2, 0.25) is 0 Å². The van der Waals surface area contributed by atoms with Gasteiger partial charge in [0.25, 0.3) is 0 Å². The summed E-state index contributed by atoms with van der Waals surface area (Å²) in [5.74, 6) is 1.18.